The highest BCUT2D eigenvalue weighted by Crippen LogP contribution is 2.37. The van der Waals surface area contributed by atoms with Crippen LogP contribution >= 0.6 is 0 Å². The normalized spacial score (nSPS) is 29.4. The number of Topliss-reactive ketones (excluding diaryl/α,β-unsaturated/α-hetero) is 1. The van der Waals surface area contributed by atoms with Gasteiger partial charge in [0.25, 0.3) is 0 Å². The number of carbonyl (C=O) groups is 1. The Kier molecular flexibility index (Phi) is 3.55. The summed E-state index contributed by atoms with van der Waals surface area (Å²) in [4.78, 5) is 12.9. The van der Waals surface area contributed by atoms with Gasteiger partial charge in [0.05, 0.1) is 17.7 Å². The fraction of sp³-hybridized carbons (Fsp3) is 0.588. The maximum absolute atomic E-state index is 12.9. The van der Waals surface area contributed by atoms with Gasteiger partial charge in [0.2, 0.25) is 0 Å². The second-order valence-electron chi connectivity index (χ2n) is 6.43. The molecule has 2 aliphatic rings. The second kappa shape index (κ2) is 5.21. The number of rotatable bonds is 2. The van der Waals surface area contributed by atoms with Crippen LogP contribution in [0.25, 0.3) is 0 Å². The molecule has 0 amide bonds. The molecule has 1 fully saturated rings. The number of ether oxygens (including phenoxy) is 1. The summed E-state index contributed by atoms with van der Waals surface area (Å²) in [5.74, 6) is 1.38. The SMILES string of the molecule is CC1CCCC(N)(C(=O)c2cccc3c2OCCC3)C1. The third-order valence-electron chi connectivity index (χ3n) is 4.66. The molecule has 1 heterocycles. The third kappa shape index (κ3) is 2.35. The minimum absolute atomic E-state index is 0.0720. The van der Waals surface area contributed by atoms with Gasteiger partial charge in [-0.2, -0.15) is 0 Å². The van der Waals surface area contributed by atoms with Crippen LogP contribution in [0.1, 0.15) is 54.9 Å². The topological polar surface area (TPSA) is 52.3 Å². The third-order valence-corrected chi connectivity index (χ3v) is 4.66. The highest BCUT2D eigenvalue weighted by atomic mass is 16.5. The number of nitrogens with two attached hydrogens (primary N) is 1. The van der Waals surface area contributed by atoms with Crippen LogP contribution in [0.2, 0.25) is 0 Å². The van der Waals surface area contributed by atoms with Crippen LogP contribution in [0.5, 0.6) is 5.75 Å². The van der Waals surface area contributed by atoms with Crippen LogP contribution in [0.3, 0.4) is 0 Å². The molecule has 20 heavy (non-hydrogen) atoms. The molecule has 0 aromatic heterocycles. The van der Waals surface area contributed by atoms with Gasteiger partial charge >= 0.3 is 0 Å². The van der Waals surface area contributed by atoms with E-state index in [9.17, 15) is 4.79 Å². The summed E-state index contributed by atoms with van der Waals surface area (Å²) in [7, 11) is 0. The van der Waals surface area contributed by atoms with Crippen molar-refractivity contribution in [2.45, 2.75) is 51.0 Å². The van der Waals surface area contributed by atoms with Crippen molar-refractivity contribution in [1.29, 1.82) is 0 Å². The van der Waals surface area contributed by atoms with E-state index in [2.05, 4.69) is 13.0 Å². The lowest BCUT2D eigenvalue weighted by Crippen LogP contribution is -2.51. The van der Waals surface area contributed by atoms with Crippen molar-refractivity contribution in [3.63, 3.8) is 0 Å². The number of hydrogen-bond donors (Lipinski definition) is 1. The summed E-state index contributed by atoms with van der Waals surface area (Å²) in [5.41, 5.74) is 7.59. The molecule has 2 unspecified atom stereocenters. The largest absolute Gasteiger partial charge is 0.493 e. The zero-order valence-electron chi connectivity index (χ0n) is 12.2. The zero-order valence-corrected chi connectivity index (χ0v) is 12.2. The first kappa shape index (κ1) is 13.6. The molecule has 1 aliphatic heterocycles. The Balaban J connectivity index is 1.94. The fourth-order valence-electron chi connectivity index (χ4n) is 3.63. The molecule has 1 aromatic rings. The number of benzene rings is 1. The number of hydrogen-bond acceptors (Lipinski definition) is 3. The molecule has 1 aromatic carbocycles. The van der Waals surface area contributed by atoms with E-state index in [4.69, 9.17) is 10.5 Å². The van der Waals surface area contributed by atoms with Crippen molar-refractivity contribution in [2.24, 2.45) is 11.7 Å². The van der Waals surface area contributed by atoms with E-state index in [1.807, 2.05) is 12.1 Å². The average molecular weight is 273 g/mol. The number of para-hydroxylation sites is 1. The summed E-state index contributed by atoms with van der Waals surface area (Å²) in [5, 5.41) is 0. The first-order chi connectivity index (χ1) is 9.60. The molecule has 1 saturated carbocycles. The Morgan fingerprint density at radius 2 is 2.25 bits per heavy atom. The smallest absolute Gasteiger partial charge is 0.186 e. The van der Waals surface area contributed by atoms with Crippen LogP contribution in [0.4, 0.5) is 0 Å². The number of carbonyl (C=O) groups excluding carboxylic acids is 1. The van der Waals surface area contributed by atoms with Gasteiger partial charge in [-0.15, -0.1) is 0 Å². The van der Waals surface area contributed by atoms with E-state index in [0.29, 0.717) is 18.1 Å². The average Bonchev–Trinajstić information content (AvgIpc) is 2.45. The van der Waals surface area contributed by atoms with Crippen LogP contribution in [0.15, 0.2) is 18.2 Å². The molecule has 2 N–H and O–H groups in total. The summed E-state index contributed by atoms with van der Waals surface area (Å²) < 4.78 is 5.76. The Labute approximate surface area is 120 Å². The Hall–Kier alpha value is -1.35. The van der Waals surface area contributed by atoms with Crippen molar-refractivity contribution in [3.05, 3.63) is 29.3 Å². The molecule has 0 saturated heterocycles. The second-order valence-corrected chi connectivity index (χ2v) is 6.43. The lowest BCUT2D eigenvalue weighted by atomic mass is 9.73. The Morgan fingerprint density at radius 3 is 3.05 bits per heavy atom. The zero-order chi connectivity index (χ0) is 14.2. The lowest BCUT2D eigenvalue weighted by Gasteiger charge is -2.36. The van der Waals surface area contributed by atoms with Gasteiger partial charge in [-0.05, 0) is 43.2 Å². The molecule has 3 rings (SSSR count). The van der Waals surface area contributed by atoms with Crippen molar-refractivity contribution >= 4 is 5.78 Å². The first-order valence-corrected chi connectivity index (χ1v) is 7.68. The van der Waals surface area contributed by atoms with Gasteiger partial charge < -0.3 is 10.5 Å². The molecule has 1 aliphatic carbocycles. The van der Waals surface area contributed by atoms with E-state index in [1.54, 1.807) is 0 Å². The highest BCUT2D eigenvalue weighted by molar-refractivity contribution is 6.05. The van der Waals surface area contributed by atoms with Crippen LogP contribution in [0, 0.1) is 5.92 Å². The van der Waals surface area contributed by atoms with E-state index >= 15 is 0 Å². The molecule has 0 spiro atoms. The molecule has 2 atom stereocenters. The highest BCUT2D eigenvalue weighted by Gasteiger charge is 2.39. The van der Waals surface area contributed by atoms with E-state index in [0.717, 1.165) is 43.4 Å². The summed E-state index contributed by atoms with van der Waals surface area (Å²) in [6.45, 7) is 2.89. The number of aryl methyl sites for hydroxylation is 1. The predicted octanol–water partition coefficient (Wildman–Crippen LogP) is 3.10. The van der Waals surface area contributed by atoms with Gasteiger partial charge in [0, 0.05) is 0 Å². The number of fused-ring (bicyclic) bond motifs is 1. The molecular formula is C17H23NO2. The van der Waals surface area contributed by atoms with Gasteiger partial charge in [0.1, 0.15) is 5.75 Å². The molecule has 0 radical (unpaired) electrons. The fourth-order valence-corrected chi connectivity index (χ4v) is 3.63. The molecular weight excluding hydrogens is 250 g/mol. The van der Waals surface area contributed by atoms with Gasteiger partial charge in [-0.1, -0.05) is 31.9 Å². The number of ketones is 1. The Bertz CT molecular complexity index is 526. The van der Waals surface area contributed by atoms with E-state index in [-0.39, 0.29) is 5.78 Å². The maximum Gasteiger partial charge on any atom is 0.186 e. The molecule has 3 nitrogen and oxygen atoms in total. The van der Waals surface area contributed by atoms with Crippen LogP contribution in [-0.2, 0) is 6.42 Å². The summed E-state index contributed by atoms with van der Waals surface area (Å²) in [6.07, 6.45) is 5.81. The van der Waals surface area contributed by atoms with Gasteiger partial charge in [-0.3, -0.25) is 4.79 Å². The van der Waals surface area contributed by atoms with Crippen LogP contribution in [-0.4, -0.2) is 17.9 Å². The molecule has 3 heteroatoms. The summed E-state index contributed by atoms with van der Waals surface area (Å²) in [6, 6.07) is 5.88. The standard InChI is InChI=1S/C17H23NO2/c1-12-5-3-9-17(18,11-12)16(19)14-8-2-6-13-7-4-10-20-15(13)14/h2,6,8,12H,3-5,7,9-11,18H2,1H3. The molecule has 0 bridgehead atoms. The molecule has 108 valence electrons. The van der Waals surface area contributed by atoms with Crippen molar-refractivity contribution in [2.75, 3.05) is 6.61 Å². The first-order valence-electron chi connectivity index (χ1n) is 7.68. The monoisotopic (exact) mass is 273 g/mol. The van der Waals surface area contributed by atoms with Crippen LogP contribution < -0.4 is 10.5 Å². The minimum atomic E-state index is -0.701. The Morgan fingerprint density at radius 1 is 1.40 bits per heavy atom. The maximum atomic E-state index is 12.9. The van der Waals surface area contributed by atoms with E-state index in [1.165, 1.54) is 6.42 Å². The minimum Gasteiger partial charge on any atom is -0.493 e. The summed E-state index contributed by atoms with van der Waals surface area (Å²) >= 11 is 0. The van der Waals surface area contributed by atoms with Gasteiger partial charge in [-0.25, -0.2) is 0 Å². The predicted molar refractivity (Wildman–Crippen MR) is 79.1 cm³/mol. The lowest BCUT2D eigenvalue weighted by molar-refractivity contribution is 0.0814. The van der Waals surface area contributed by atoms with Crippen molar-refractivity contribution in [1.82, 2.24) is 0 Å². The van der Waals surface area contributed by atoms with Crippen molar-refractivity contribution < 1.29 is 9.53 Å². The van der Waals surface area contributed by atoms with E-state index < -0.39 is 5.54 Å². The van der Waals surface area contributed by atoms with Gasteiger partial charge in [0.15, 0.2) is 5.78 Å². The quantitative estimate of drug-likeness (QED) is 0.842. The van der Waals surface area contributed by atoms with Crippen molar-refractivity contribution in [3.8, 4) is 5.75 Å².